The first-order valence-electron chi connectivity index (χ1n) is 8.20. The highest BCUT2D eigenvalue weighted by Gasteiger charge is 2.58. The Balaban J connectivity index is 1.65. The molecule has 1 aliphatic rings. The number of carbonyl (C=O) groups excluding carboxylic acids is 1. The third kappa shape index (κ3) is 4.76. The Kier molecular flexibility index (Phi) is 5.61. The SMILES string of the molecule is CN(C(=O)CCS(=O)(=O)CC1CC1(F)F)c1sc(-c2ccc[n+](O)c2)nc1Cl. The van der Waals surface area contributed by atoms with Gasteiger partial charge in [-0.25, -0.2) is 22.2 Å². The molecule has 1 atom stereocenters. The number of thiazole rings is 1. The number of pyridine rings is 1. The molecule has 0 aromatic carbocycles. The first kappa shape index (κ1) is 20.9. The van der Waals surface area contributed by atoms with Crippen molar-refractivity contribution in [3.8, 4) is 10.6 Å². The Morgan fingerprint density at radius 1 is 1.54 bits per heavy atom. The van der Waals surface area contributed by atoms with Gasteiger partial charge in [-0.2, -0.15) is 0 Å². The van der Waals surface area contributed by atoms with Gasteiger partial charge in [0.1, 0.15) is 10.0 Å². The van der Waals surface area contributed by atoms with E-state index in [0.717, 1.165) is 16.1 Å². The van der Waals surface area contributed by atoms with E-state index < -0.39 is 45.5 Å². The first-order chi connectivity index (χ1) is 13.0. The maximum atomic E-state index is 12.9. The monoisotopic (exact) mass is 452 g/mol. The van der Waals surface area contributed by atoms with Crippen LogP contribution in [-0.2, 0) is 14.6 Å². The van der Waals surface area contributed by atoms with Gasteiger partial charge in [-0.15, -0.1) is 0 Å². The van der Waals surface area contributed by atoms with Gasteiger partial charge in [0.2, 0.25) is 18.3 Å². The minimum absolute atomic E-state index is 0.0599. The van der Waals surface area contributed by atoms with Crippen molar-refractivity contribution < 1.29 is 31.9 Å². The van der Waals surface area contributed by atoms with Gasteiger partial charge in [0.05, 0.1) is 17.1 Å². The predicted octanol–water partition coefficient (Wildman–Crippen LogP) is 2.41. The van der Waals surface area contributed by atoms with Gasteiger partial charge >= 0.3 is 0 Å². The van der Waals surface area contributed by atoms with Gasteiger partial charge in [-0.05, 0) is 6.07 Å². The smallest absolute Gasteiger partial charge is 0.252 e. The van der Waals surface area contributed by atoms with Gasteiger partial charge in [-0.1, -0.05) is 22.9 Å². The number of hydrogen-bond donors (Lipinski definition) is 1. The molecule has 12 heteroatoms. The lowest BCUT2D eigenvalue weighted by atomic mass is 10.3. The van der Waals surface area contributed by atoms with E-state index in [9.17, 15) is 27.2 Å². The van der Waals surface area contributed by atoms with Crippen molar-refractivity contribution in [1.82, 2.24) is 4.98 Å². The summed E-state index contributed by atoms with van der Waals surface area (Å²) in [6.07, 6.45) is 2.07. The summed E-state index contributed by atoms with van der Waals surface area (Å²) >= 11 is 7.21. The average Bonchev–Trinajstić information content (AvgIpc) is 3.01. The first-order valence-corrected chi connectivity index (χ1v) is 11.2. The lowest BCUT2D eigenvalue weighted by Crippen LogP contribution is -2.28. The molecular weight excluding hydrogens is 436 g/mol. The maximum Gasteiger partial charge on any atom is 0.252 e. The summed E-state index contributed by atoms with van der Waals surface area (Å²) in [7, 11) is -2.32. The van der Waals surface area contributed by atoms with E-state index in [0.29, 0.717) is 15.6 Å². The Hall–Kier alpha value is -1.85. The van der Waals surface area contributed by atoms with Gasteiger partial charge in [0, 0.05) is 36.6 Å². The molecule has 0 saturated heterocycles. The molecule has 0 aliphatic heterocycles. The number of aromatic nitrogens is 2. The third-order valence-corrected chi connectivity index (χ3v) is 7.61. The van der Waals surface area contributed by atoms with Crippen LogP contribution in [0.3, 0.4) is 0 Å². The second-order valence-corrected chi connectivity index (χ2v) is 10.1. The van der Waals surface area contributed by atoms with Crippen LogP contribution in [-0.4, -0.2) is 49.0 Å². The molecular formula is C16H17ClF2N3O4S2+. The molecule has 1 aliphatic carbocycles. The molecule has 2 heterocycles. The fraction of sp³-hybridized carbons (Fsp3) is 0.438. The molecule has 0 bridgehead atoms. The van der Waals surface area contributed by atoms with Gasteiger partial charge in [-0.3, -0.25) is 10.0 Å². The van der Waals surface area contributed by atoms with Crippen LogP contribution in [0.25, 0.3) is 10.6 Å². The summed E-state index contributed by atoms with van der Waals surface area (Å²) in [5.41, 5.74) is 0.580. The van der Waals surface area contributed by atoms with Crippen LogP contribution in [0.2, 0.25) is 5.15 Å². The van der Waals surface area contributed by atoms with Crippen LogP contribution in [0.15, 0.2) is 24.5 Å². The van der Waals surface area contributed by atoms with E-state index in [4.69, 9.17) is 11.6 Å². The number of carbonyl (C=O) groups is 1. The summed E-state index contributed by atoms with van der Waals surface area (Å²) in [5, 5.41) is 10.3. The van der Waals surface area contributed by atoms with Gasteiger partial charge < -0.3 is 4.90 Å². The lowest BCUT2D eigenvalue weighted by molar-refractivity contribution is -0.904. The van der Waals surface area contributed by atoms with E-state index in [-0.39, 0.29) is 11.6 Å². The average molecular weight is 453 g/mol. The zero-order valence-corrected chi connectivity index (χ0v) is 17.1. The molecule has 3 rings (SSSR count). The van der Waals surface area contributed by atoms with Crippen molar-refractivity contribution in [3.63, 3.8) is 0 Å². The highest BCUT2D eigenvalue weighted by atomic mass is 35.5. The van der Waals surface area contributed by atoms with Crippen LogP contribution < -0.4 is 9.63 Å². The van der Waals surface area contributed by atoms with Crippen molar-refractivity contribution in [2.45, 2.75) is 18.8 Å². The highest BCUT2D eigenvalue weighted by Crippen LogP contribution is 2.49. The molecule has 2 aromatic heterocycles. The van der Waals surface area contributed by atoms with Crippen LogP contribution in [0.1, 0.15) is 12.8 Å². The normalized spacial score (nSPS) is 18.1. The van der Waals surface area contributed by atoms with Crippen molar-refractivity contribution in [3.05, 3.63) is 29.7 Å². The summed E-state index contributed by atoms with van der Waals surface area (Å²) < 4.78 is 50.6. The zero-order valence-electron chi connectivity index (χ0n) is 14.7. The second kappa shape index (κ2) is 7.53. The highest BCUT2D eigenvalue weighted by molar-refractivity contribution is 7.91. The van der Waals surface area contributed by atoms with Gasteiger partial charge in [0.25, 0.3) is 5.92 Å². The maximum absolute atomic E-state index is 12.9. The lowest BCUT2D eigenvalue weighted by Gasteiger charge is -2.15. The molecule has 1 amide bonds. The summed E-state index contributed by atoms with van der Waals surface area (Å²) in [4.78, 5) is 17.7. The Labute approximate surface area is 169 Å². The number of halogens is 3. The van der Waals surface area contributed by atoms with E-state index in [1.165, 1.54) is 24.3 Å². The van der Waals surface area contributed by atoms with Crippen LogP contribution in [0.4, 0.5) is 13.8 Å². The number of alkyl halides is 2. The fourth-order valence-corrected chi connectivity index (χ4v) is 5.51. The Morgan fingerprint density at radius 3 is 2.82 bits per heavy atom. The third-order valence-electron chi connectivity index (χ3n) is 4.32. The quantitative estimate of drug-likeness (QED) is 0.514. The molecule has 0 spiro atoms. The number of hydrogen-bond acceptors (Lipinski definition) is 6. The second-order valence-electron chi connectivity index (χ2n) is 6.57. The van der Waals surface area contributed by atoms with Crippen molar-refractivity contribution >= 4 is 43.7 Å². The summed E-state index contributed by atoms with van der Waals surface area (Å²) in [6.45, 7) is 0. The minimum Gasteiger partial charge on any atom is -0.304 e. The fourth-order valence-electron chi connectivity index (χ4n) is 2.58. The van der Waals surface area contributed by atoms with Crippen LogP contribution in [0, 0.1) is 5.92 Å². The number of sulfone groups is 1. The van der Waals surface area contributed by atoms with E-state index >= 15 is 0 Å². The molecule has 0 radical (unpaired) electrons. The van der Waals surface area contributed by atoms with Crippen molar-refractivity contribution in [1.29, 1.82) is 0 Å². The van der Waals surface area contributed by atoms with E-state index in [2.05, 4.69) is 4.98 Å². The number of amides is 1. The molecule has 28 heavy (non-hydrogen) atoms. The zero-order chi connectivity index (χ0) is 20.7. The molecule has 2 aromatic rings. The van der Waals surface area contributed by atoms with E-state index in [1.807, 2.05) is 0 Å². The standard InChI is InChI=1S/C16H17ClF2N3O4S2/c1-21(12(23)4-6-28(25,26)9-11-7-16(11,18)19)15-13(17)20-14(27-15)10-3-2-5-22(24)8-10/h2-3,5,8,11,24H,4,6-7,9H2,1H3/q+1. The number of nitrogens with zero attached hydrogens (tertiary/aromatic N) is 3. The molecule has 1 unspecified atom stereocenters. The van der Waals surface area contributed by atoms with Gasteiger partial charge in [0.15, 0.2) is 15.0 Å². The van der Waals surface area contributed by atoms with Crippen LogP contribution in [0.5, 0.6) is 0 Å². The molecule has 1 N–H and O–H groups in total. The van der Waals surface area contributed by atoms with Crippen LogP contribution >= 0.6 is 22.9 Å². The summed E-state index contributed by atoms with van der Waals surface area (Å²) in [5.74, 6) is -5.70. The number of rotatable bonds is 7. The predicted molar refractivity (Wildman–Crippen MR) is 99.7 cm³/mol. The van der Waals surface area contributed by atoms with Crippen molar-refractivity contribution in [2.75, 3.05) is 23.5 Å². The Bertz CT molecular complexity index is 1010. The topological polar surface area (TPSA) is 91.5 Å². The molecule has 152 valence electrons. The van der Waals surface area contributed by atoms with E-state index in [1.54, 1.807) is 12.1 Å². The van der Waals surface area contributed by atoms with Crippen molar-refractivity contribution in [2.24, 2.45) is 5.92 Å². The molecule has 1 fully saturated rings. The summed E-state index contributed by atoms with van der Waals surface area (Å²) in [6, 6.07) is 3.31. The largest absolute Gasteiger partial charge is 0.304 e. The molecule has 1 saturated carbocycles. The number of anilines is 1. The minimum atomic E-state index is -3.76. The molecule has 7 nitrogen and oxygen atoms in total. The Morgan fingerprint density at radius 2 is 2.21 bits per heavy atom.